The van der Waals surface area contributed by atoms with E-state index in [1.807, 2.05) is 0 Å². The van der Waals surface area contributed by atoms with Gasteiger partial charge in [-0.25, -0.2) is 0 Å². The standard InChI is InChI=1S/C6H13NO.C5H7BrN4O/c1-8-5-6-3-2-4-7-6;1-10-4(7)2(5(8)11)3(6)9-10/h6-7H,2-5H2,1H3;7H2,1H3,(H2,8,11). The van der Waals surface area contributed by atoms with E-state index in [0.29, 0.717) is 10.6 Å². The fraction of sp³-hybridized carbons (Fsp3) is 0.636. The van der Waals surface area contributed by atoms with Crippen LogP contribution in [0.5, 0.6) is 0 Å². The number of nitrogens with zero attached hydrogens (tertiary/aromatic N) is 2. The lowest BCUT2D eigenvalue weighted by molar-refractivity contribution is 0.100. The maximum absolute atomic E-state index is 10.7. The molecule has 1 amide bonds. The summed E-state index contributed by atoms with van der Waals surface area (Å²) in [5.74, 6) is -0.313. The van der Waals surface area contributed by atoms with E-state index in [0.717, 1.165) is 6.61 Å². The Hall–Kier alpha value is -1.12. The third-order valence-electron chi connectivity index (χ3n) is 2.83. The van der Waals surface area contributed by atoms with Gasteiger partial charge in [0.1, 0.15) is 16.0 Å². The second-order valence-corrected chi connectivity index (χ2v) is 5.04. The molecule has 5 N–H and O–H groups in total. The van der Waals surface area contributed by atoms with Gasteiger partial charge in [-0.3, -0.25) is 9.48 Å². The summed E-state index contributed by atoms with van der Waals surface area (Å²) in [5.41, 5.74) is 10.7. The van der Waals surface area contributed by atoms with E-state index in [9.17, 15) is 4.79 Å². The Kier molecular flexibility index (Phi) is 6.26. The van der Waals surface area contributed by atoms with E-state index >= 15 is 0 Å². The Morgan fingerprint density at radius 1 is 1.68 bits per heavy atom. The van der Waals surface area contributed by atoms with Gasteiger partial charge in [-0.05, 0) is 35.3 Å². The van der Waals surface area contributed by atoms with E-state index in [4.69, 9.17) is 16.2 Å². The predicted molar refractivity (Wildman–Crippen MR) is 76.7 cm³/mol. The van der Waals surface area contributed by atoms with Crippen molar-refractivity contribution in [3.63, 3.8) is 0 Å². The first kappa shape index (κ1) is 15.9. The lowest BCUT2D eigenvalue weighted by Gasteiger charge is -2.05. The zero-order valence-corrected chi connectivity index (χ0v) is 12.7. The molecule has 8 heteroatoms. The number of anilines is 1. The summed E-state index contributed by atoms with van der Waals surface area (Å²) in [4.78, 5) is 10.7. The van der Waals surface area contributed by atoms with Crippen molar-refractivity contribution >= 4 is 27.7 Å². The molecule has 0 bridgehead atoms. The van der Waals surface area contributed by atoms with E-state index < -0.39 is 5.91 Å². The number of nitrogens with one attached hydrogen (secondary N) is 1. The highest BCUT2D eigenvalue weighted by atomic mass is 79.9. The highest BCUT2D eigenvalue weighted by Gasteiger charge is 2.15. The van der Waals surface area contributed by atoms with Crippen molar-refractivity contribution in [3.05, 3.63) is 10.2 Å². The maximum atomic E-state index is 10.7. The lowest BCUT2D eigenvalue weighted by atomic mass is 10.2. The molecule has 0 aliphatic carbocycles. The average Bonchev–Trinajstić information content (AvgIpc) is 2.90. The monoisotopic (exact) mass is 333 g/mol. The van der Waals surface area contributed by atoms with Crippen LogP contribution >= 0.6 is 15.9 Å². The fourth-order valence-corrected chi connectivity index (χ4v) is 2.47. The van der Waals surface area contributed by atoms with Crippen LogP contribution in [0.1, 0.15) is 23.2 Å². The molecular weight excluding hydrogens is 314 g/mol. The second kappa shape index (κ2) is 7.46. The molecule has 1 aromatic heterocycles. The molecule has 1 aromatic rings. The van der Waals surface area contributed by atoms with Crippen LogP contribution in [0.15, 0.2) is 4.60 Å². The molecule has 1 aliphatic rings. The van der Waals surface area contributed by atoms with Crippen molar-refractivity contribution in [2.45, 2.75) is 18.9 Å². The Labute approximate surface area is 120 Å². The minimum Gasteiger partial charge on any atom is -0.383 e. The van der Waals surface area contributed by atoms with Crippen molar-refractivity contribution in [1.82, 2.24) is 15.1 Å². The third-order valence-corrected chi connectivity index (χ3v) is 3.38. The highest BCUT2D eigenvalue weighted by Crippen LogP contribution is 2.19. The highest BCUT2D eigenvalue weighted by molar-refractivity contribution is 9.10. The molecule has 2 heterocycles. The summed E-state index contributed by atoms with van der Waals surface area (Å²) in [6.07, 6.45) is 2.60. The number of ether oxygens (including phenoxy) is 1. The number of carbonyl (C=O) groups is 1. The predicted octanol–water partition coefficient (Wildman–Crippen LogP) is 0.249. The number of methoxy groups -OCH3 is 1. The average molecular weight is 334 g/mol. The molecule has 0 radical (unpaired) electrons. The molecule has 0 aromatic carbocycles. The zero-order chi connectivity index (χ0) is 14.4. The van der Waals surface area contributed by atoms with Gasteiger partial charge >= 0.3 is 0 Å². The molecule has 2 rings (SSSR count). The number of primary amides is 1. The van der Waals surface area contributed by atoms with Gasteiger partial charge in [0.2, 0.25) is 0 Å². The molecule has 1 aliphatic heterocycles. The van der Waals surface area contributed by atoms with Gasteiger partial charge in [-0.1, -0.05) is 0 Å². The number of carbonyl (C=O) groups excluding carboxylic acids is 1. The van der Waals surface area contributed by atoms with Gasteiger partial charge in [-0.2, -0.15) is 5.10 Å². The van der Waals surface area contributed by atoms with Crippen LogP contribution < -0.4 is 16.8 Å². The number of amides is 1. The van der Waals surface area contributed by atoms with E-state index in [1.54, 1.807) is 14.2 Å². The van der Waals surface area contributed by atoms with Crippen molar-refractivity contribution < 1.29 is 9.53 Å². The van der Waals surface area contributed by atoms with E-state index in [1.165, 1.54) is 24.1 Å². The topological polar surface area (TPSA) is 108 Å². The van der Waals surface area contributed by atoms with Gasteiger partial charge in [0.15, 0.2) is 0 Å². The summed E-state index contributed by atoms with van der Waals surface area (Å²) in [5, 5.41) is 7.17. The van der Waals surface area contributed by atoms with Crippen LogP contribution in [-0.2, 0) is 11.8 Å². The van der Waals surface area contributed by atoms with Crippen LogP contribution in [0.3, 0.4) is 0 Å². The SMILES string of the molecule is COCC1CCCN1.Cn1nc(Br)c(C(N)=O)c1N. The van der Waals surface area contributed by atoms with E-state index in [-0.39, 0.29) is 11.4 Å². The van der Waals surface area contributed by atoms with Crippen molar-refractivity contribution in [3.8, 4) is 0 Å². The first-order valence-corrected chi connectivity index (χ1v) is 6.76. The van der Waals surface area contributed by atoms with E-state index in [2.05, 4.69) is 26.3 Å². The summed E-state index contributed by atoms with van der Waals surface area (Å²) in [6.45, 7) is 2.05. The summed E-state index contributed by atoms with van der Waals surface area (Å²) >= 11 is 3.06. The van der Waals surface area contributed by atoms with Crippen LogP contribution in [0, 0.1) is 0 Å². The van der Waals surface area contributed by atoms with Gasteiger partial charge in [0.05, 0.1) is 6.61 Å². The van der Waals surface area contributed by atoms with Crippen molar-refractivity contribution in [2.75, 3.05) is 26.0 Å². The van der Waals surface area contributed by atoms with Crippen molar-refractivity contribution in [1.29, 1.82) is 0 Å². The number of aryl methyl sites for hydroxylation is 1. The van der Waals surface area contributed by atoms with Gasteiger partial charge < -0.3 is 21.5 Å². The first-order chi connectivity index (χ1) is 8.97. The lowest BCUT2D eigenvalue weighted by Crippen LogP contribution is -2.25. The number of nitrogen functional groups attached to an aromatic ring is 1. The minimum atomic E-state index is -0.581. The minimum absolute atomic E-state index is 0.229. The fourth-order valence-electron chi connectivity index (χ4n) is 1.83. The molecule has 1 atom stereocenters. The molecule has 19 heavy (non-hydrogen) atoms. The van der Waals surface area contributed by atoms with Crippen LogP contribution in [0.4, 0.5) is 5.82 Å². The third kappa shape index (κ3) is 4.48. The number of hydrogen-bond donors (Lipinski definition) is 3. The number of hydrogen-bond acceptors (Lipinski definition) is 5. The smallest absolute Gasteiger partial charge is 0.255 e. The molecule has 7 nitrogen and oxygen atoms in total. The normalized spacial score (nSPS) is 17.9. The van der Waals surface area contributed by atoms with Gasteiger partial charge in [-0.15, -0.1) is 0 Å². The molecule has 108 valence electrons. The van der Waals surface area contributed by atoms with Crippen LogP contribution in [0.25, 0.3) is 0 Å². The quantitative estimate of drug-likeness (QED) is 0.734. The summed E-state index contributed by atoms with van der Waals surface area (Å²) in [6, 6.07) is 0.639. The Bertz CT molecular complexity index is 429. The molecular formula is C11H20BrN5O2. The van der Waals surface area contributed by atoms with Gasteiger partial charge in [0, 0.05) is 20.2 Å². The first-order valence-electron chi connectivity index (χ1n) is 5.97. The number of aromatic nitrogens is 2. The summed E-state index contributed by atoms with van der Waals surface area (Å²) < 4.78 is 6.72. The number of halogens is 1. The Balaban J connectivity index is 0.000000200. The number of nitrogens with two attached hydrogens (primary N) is 2. The van der Waals surface area contributed by atoms with Gasteiger partial charge in [0.25, 0.3) is 5.91 Å². The van der Waals surface area contributed by atoms with Crippen LogP contribution in [-0.4, -0.2) is 42.0 Å². The molecule has 1 fully saturated rings. The maximum Gasteiger partial charge on any atom is 0.255 e. The summed E-state index contributed by atoms with van der Waals surface area (Å²) in [7, 11) is 3.38. The number of rotatable bonds is 3. The zero-order valence-electron chi connectivity index (χ0n) is 11.1. The molecule has 0 spiro atoms. The largest absolute Gasteiger partial charge is 0.383 e. The Morgan fingerprint density at radius 2 is 2.37 bits per heavy atom. The van der Waals surface area contributed by atoms with Crippen molar-refractivity contribution in [2.24, 2.45) is 12.8 Å². The molecule has 1 unspecified atom stereocenters. The molecule has 1 saturated heterocycles. The second-order valence-electron chi connectivity index (χ2n) is 4.29. The van der Waals surface area contributed by atoms with Crippen LogP contribution in [0.2, 0.25) is 0 Å². The molecule has 0 saturated carbocycles. The Morgan fingerprint density at radius 3 is 2.68 bits per heavy atom.